The van der Waals surface area contributed by atoms with E-state index in [1.54, 1.807) is 0 Å². The van der Waals surface area contributed by atoms with Gasteiger partial charge in [0.25, 0.3) is 0 Å². The van der Waals surface area contributed by atoms with Crippen molar-refractivity contribution in [3.8, 4) is 0 Å². The van der Waals surface area contributed by atoms with Crippen molar-refractivity contribution in [2.24, 2.45) is 0 Å². The predicted molar refractivity (Wildman–Crippen MR) is 243 cm³/mol. The molecule has 2 aliphatic carbocycles. The number of hydrogen-bond acceptors (Lipinski definition) is 3. The van der Waals surface area contributed by atoms with Crippen molar-refractivity contribution in [1.82, 2.24) is 0 Å². The van der Waals surface area contributed by atoms with E-state index >= 15 is 0 Å². The molecule has 278 valence electrons. The second-order valence-corrected chi connectivity index (χ2v) is 17.3. The molecule has 10 rings (SSSR count). The Balaban J connectivity index is 1.24. The van der Waals surface area contributed by atoms with Crippen LogP contribution in [0.25, 0.3) is 30.9 Å². The normalized spacial score (nSPS) is 15.4. The molecule has 0 bridgehead atoms. The molecule has 7 aromatic carbocycles. The molecule has 0 saturated heterocycles. The van der Waals surface area contributed by atoms with Gasteiger partial charge in [-0.1, -0.05) is 136 Å². The number of para-hydroxylation sites is 1. The van der Waals surface area contributed by atoms with Crippen LogP contribution in [0.3, 0.4) is 0 Å². The minimum Gasteiger partial charge on any atom is -0.309 e. The molecule has 2 aliphatic rings. The predicted octanol–water partition coefficient (Wildman–Crippen LogP) is 16.6. The molecule has 2 saturated carbocycles. The van der Waals surface area contributed by atoms with Crippen molar-refractivity contribution in [2.45, 2.75) is 83.0 Å². The number of thiophene rings is 1. The van der Waals surface area contributed by atoms with Crippen molar-refractivity contribution in [3.05, 3.63) is 168 Å². The Kier molecular flexibility index (Phi) is 9.57. The monoisotopic (exact) mass is 746 g/mol. The van der Waals surface area contributed by atoms with Gasteiger partial charge in [0.05, 0.1) is 16.1 Å². The summed E-state index contributed by atoms with van der Waals surface area (Å²) in [4.78, 5) is 5.08. The van der Waals surface area contributed by atoms with Crippen molar-refractivity contribution in [3.63, 3.8) is 0 Å². The zero-order chi connectivity index (χ0) is 37.4. The summed E-state index contributed by atoms with van der Waals surface area (Å²) in [6, 6.07) is 57.5. The molecule has 0 radical (unpaired) electrons. The number of nitrogens with zero attached hydrogens (tertiary/aromatic N) is 2. The van der Waals surface area contributed by atoms with Gasteiger partial charge in [-0.05, 0) is 116 Å². The first-order valence-electron chi connectivity index (χ1n) is 21.0. The minimum absolute atomic E-state index is 0.667. The molecule has 3 heteroatoms. The van der Waals surface area contributed by atoms with E-state index in [-0.39, 0.29) is 0 Å². The molecule has 0 amide bonds. The van der Waals surface area contributed by atoms with Crippen LogP contribution in [0.1, 0.15) is 92.7 Å². The Labute approximate surface area is 336 Å². The maximum Gasteiger partial charge on any atom is 0.0720 e. The summed E-state index contributed by atoms with van der Waals surface area (Å²) in [5.74, 6) is 1.33. The maximum absolute atomic E-state index is 2.55. The molecule has 1 heterocycles. The summed E-state index contributed by atoms with van der Waals surface area (Å²) < 4.78 is 2.61. The summed E-state index contributed by atoms with van der Waals surface area (Å²) in [6.07, 6.45) is 13.3. The van der Waals surface area contributed by atoms with Gasteiger partial charge in [-0.25, -0.2) is 0 Å². The van der Waals surface area contributed by atoms with Gasteiger partial charge >= 0.3 is 0 Å². The van der Waals surface area contributed by atoms with Crippen LogP contribution in [0.5, 0.6) is 0 Å². The molecule has 0 unspecified atom stereocenters. The molecule has 0 aliphatic heterocycles. The fraction of sp³-hybridized carbons (Fsp3) is 0.245. The lowest BCUT2D eigenvalue weighted by Crippen LogP contribution is -2.14. The Bertz CT molecular complexity index is 2610. The van der Waals surface area contributed by atoms with Crippen LogP contribution in [-0.2, 0) is 0 Å². The van der Waals surface area contributed by atoms with Crippen LogP contribution in [0, 0.1) is 6.92 Å². The zero-order valence-corrected chi connectivity index (χ0v) is 33.3. The number of rotatable bonds is 8. The first-order valence-corrected chi connectivity index (χ1v) is 21.8. The minimum atomic E-state index is 0.667. The molecular weight excluding hydrogens is 697 g/mol. The number of fused-ring (bicyclic) bond motifs is 4. The van der Waals surface area contributed by atoms with E-state index in [2.05, 4.69) is 168 Å². The van der Waals surface area contributed by atoms with E-state index in [1.165, 1.54) is 146 Å². The van der Waals surface area contributed by atoms with Gasteiger partial charge in [-0.2, -0.15) is 0 Å². The SMILES string of the molecule is Cc1cccc(N(c2ccc(C3CCCCC3)cc2)c2c3ccccc3c(N(c3ccccc3)c3ccc(C4CCCCC4)cc3)c3c2sc2ccccc23)c1. The number of aryl methyl sites for hydroxylation is 1. The highest BCUT2D eigenvalue weighted by Gasteiger charge is 2.28. The van der Waals surface area contributed by atoms with Gasteiger partial charge in [0.1, 0.15) is 0 Å². The van der Waals surface area contributed by atoms with E-state index in [9.17, 15) is 0 Å². The molecule has 1 aromatic heterocycles. The molecule has 0 spiro atoms. The summed E-state index contributed by atoms with van der Waals surface area (Å²) in [7, 11) is 0. The molecule has 56 heavy (non-hydrogen) atoms. The van der Waals surface area contributed by atoms with Gasteiger partial charge in [0.15, 0.2) is 0 Å². The average molecular weight is 747 g/mol. The van der Waals surface area contributed by atoms with Gasteiger partial charge in [0, 0.05) is 49.0 Å². The molecule has 2 fully saturated rings. The van der Waals surface area contributed by atoms with Crippen molar-refractivity contribution >= 4 is 76.4 Å². The van der Waals surface area contributed by atoms with E-state index < -0.39 is 0 Å². The van der Waals surface area contributed by atoms with E-state index in [4.69, 9.17) is 0 Å². The number of benzene rings is 7. The topological polar surface area (TPSA) is 6.48 Å². The molecule has 0 atom stereocenters. The quantitative estimate of drug-likeness (QED) is 0.143. The Hall–Kier alpha value is -5.38. The number of hydrogen-bond donors (Lipinski definition) is 0. The van der Waals surface area contributed by atoms with Crippen LogP contribution in [0.2, 0.25) is 0 Å². The standard InChI is InChI=1S/C53H50N2S/c1-37-16-15-23-45(36-37)55(44-34-30-41(31-35-44)39-19-7-3-8-20-39)52-47-25-12-11-24-46(47)51(50-48-26-13-14-27-49(48)56-53(50)52)54(42-21-9-4-10-22-42)43-32-28-40(29-33-43)38-17-5-2-6-18-38/h4,9-16,21-36,38-39H,2-3,5-8,17-20H2,1H3. The average Bonchev–Trinajstić information content (AvgIpc) is 3.65. The van der Waals surface area contributed by atoms with Crippen molar-refractivity contribution < 1.29 is 0 Å². The third kappa shape index (κ3) is 6.46. The zero-order valence-electron chi connectivity index (χ0n) is 32.5. The van der Waals surface area contributed by atoms with Crippen LogP contribution in [0.4, 0.5) is 34.1 Å². The fourth-order valence-electron chi connectivity index (χ4n) is 9.88. The molecular formula is C53H50N2S. The first-order chi connectivity index (χ1) is 27.7. The second-order valence-electron chi connectivity index (χ2n) is 16.2. The highest BCUT2D eigenvalue weighted by atomic mass is 32.1. The second kappa shape index (κ2) is 15.3. The van der Waals surface area contributed by atoms with Crippen LogP contribution in [0.15, 0.2) is 152 Å². The summed E-state index contributed by atoms with van der Waals surface area (Å²) in [6.45, 7) is 2.21. The van der Waals surface area contributed by atoms with Crippen molar-refractivity contribution in [1.29, 1.82) is 0 Å². The highest BCUT2D eigenvalue weighted by molar-refractivity contribution is 7.26. The Morgan fingerprint density at radius 1 is 0.429 bits per heavy atom. The lowest BCUT2D eigenvalue weighted by Gasteiger charge is -2.32. The molecule has 0 N–H and O–H groups in total. The van der Waals surface area contributed by atoms with E-state index in [1.807, 2.05) is 11.3 Å². The third-order valence-corrected chi connectivity index (χ3v) is 13.8. The summed E-state index contributed by atoms with van der Waals surface area (Å²) in [5.41, 5.74) is 11.5. The van der Waals surface area contributed by atoms with Gasteiger partial charge in [-0.15, -0.1) is 11.3 Å². The van der Waals surface area contributed by atoms with Crippen LogP contribution >= 0.6 is 11.3 Å². The first kappa shape index (κ1) is 35.1. The van der Waals surface area contributed by atoms with Gasteiger partial charge in [0.2, 0.25) is 0 Å². The molecule has 2 nitrogen and oxygen atoms in total. The largest absolute Gasteiger partial charge is 0.309 e. The molecule has 8 aromatic rings. The smallest absolute Gasteiger partial charge is 0.0720 e. The summed E-state index contributed by atoms with van der Waals surface area (Å²) in [5, 5.41) is 5.09. The lowest BCUT2D eigenvalue weighted by molar-refractivity contribution is 0.443. The van der Waals surface area contributed by atoms with E-state index in [0.29, 0.717) is 11.8 Å². The van der Waals surface area contributed by atoms with Gasteiger partial charge in [-0.3, -0.25) is 0 Å². The van der Waals surface area contributed by atoms with Crippen molar-refractivity contribution in [2.75, 3.05) is 9.80 Å². The summed E-state index contributed by atoms with van der Waals surface area (Å²) >= 11 is 1.93. The highest BCUT2D eigenvalue weighted by Crippen LogP contribution is 2.55. The van der Waals surface area contributed by atoms with E-state index in [0.717, 1.165) is 0 Å². The number of anilines is 6. The Morgan fingerprint density at radius 2 is 0.911 bits per heavy atom. The third-order valence-electron chi connectivity index (χ3n) is 12.7. The maximum atomic E-state index is 2.55. The fourth-order valence-corrected chi connectivity index (χ4v) is 11.1. The lowest BCUT2D eigenvalue weighted by atomic mass is 9.84. The van der Waals surface area contributed by atoms with Crippen LogP contribution in [-0.4, -0.2) is 0 Å². The van der Waals surface area contributed by atoms with Crippen LogP contribution < -0.4 is 9.80 Å². The van der Waals surface area contributed by atoms with Gasteiger partial charge < -0.3 is 9.80 Å². The Morgan fingerprint density at radius 3 is 1.50 bits per heavy atom.